The number of halogens is 3. The maximum absolute atomic E-state index is 12.6. The Morgan fingerprint density at radius 2 is 1.85 bits per heavy atom. The number of hydrogen-bond acceptors (Lipinski definition) is 7. The molecule has 0 spiro atoms. The van der Waals surface area contributed by atoms with E-state index in [9.17, 15) is 22.5 Å². The Morgan fingerprint density at radius 3 is 2.44 bits per heavy atom. The highest BCUT2D eigenvalue weighted by molar-refractivity contribution is 8.00. The minimum atomic E-state index is -4.28. The van der Waals surface area contributed by atoms with E-state index in [1.165, 1.54) is 0 Å². The third-order valence-electron chi connectivity index (χ3n) is 7.24. The topological polar surface area (TPSA) is 69.6 Å². The standard InChI is InChI=1S/C23H27F3N4O2S2/c24-23(25,26)33-18-4-2-16(3-5-18)17-6-10-29(11-7-17)21-27-14-19-20(28-21)30(12-13-34(19)32)22(15-31)8-1-9-22/h2-5,14,17,31H,1,6-13,15H2/t34-/m1/s1. The fourth-order valence-electron chi connectivity index (χ4n) is 5.16. The molecular weight excluding hydrogens is 485 g/mol. The minimum absolute atomic E-state index is 0.0596. The number of thioether (sulfide) groups is 1. The van der Waals surface area contributed by atoms with E-state index >= 15 is 0 Å². The largest absolute Gasteiger partial charge is 0.446 e. The number of aliphatic hydroxyl groups excluding tert-OH is 1. The van der Waals surface area contributed by atoms with Gasteiger partial charge in [-0.25, -0.2) is 4.98 Å². The van der Waals surface area contributed by atoms with Crippen LogP contribution in [0, 0.1) is 0 Å². The third-order valence-corrected chi connectivity index (χ3v) is 9.31. The molecule has 1 aromatic carbocycles. The molecular formula is C23H27F3N4O2S2. The molecule has 2 aliphatic heterocycles. The van der Waals surface area contributed by atoms with Crippen molar-refractivity contribution in [3.8, 4) is 0 Å². The van der Waals surface area contributed by atoms with Gasteiger partial charge in [-0.05, 0) is 67.5 Å². The maximum atomic E-state index is 12.6. The van der Waals surface area contributed by atoms with Crippen molar-refractivity contribution in [1.29, 1.82) is 0 Å². The average Bonchev–Trinajstić information content (AvgIpc) is 2.79. The van der Waals surface area contributed by atoms with Crippen LogP contribution in [0.5, 0.6) is 0 Å². The number of nitrogens with zero attached hydrogens (tertiary/aromatic N) is 4. The van der Waals surface area contributed by atoms with E-state index < -0.39 is 16.3 Å². The lowest BCUT2D eigenvalue weighted by Gasteiger charge is -2.51. The average molecular weight is 513 g/mol. The second kappa shape index (κ2) is 9.31. The van der Waals surface area contributed by atoms with Crippen LogP contribution in [0.3, 0.4) is 0 Å². The number of aromatic nitrogens is 2. The van der Waals surface area contributed by atoms with Crippen LogP contribution >= 0.6 is 11.8 Å². The molecule has 0 amide bonds. The van der Waals surface area contributed by atoms with Crippen molar-refractivity contribution in [2.45, 2.75) is 58.9 Å². The molecule has 1 aliphatic carbocycles. The molecule has 5 rings (SSSR count). The Morgan fingerprint density at radius 1 is 1.15 bits per heavy atom. The highest BCUT2D eigenvalue weighted by atomic mass is 32.2. The van der Waals surface area contributed by atoms with Gasteiger partial charge in [0.2, 0.25) is 5.95 Å². The number of alkyl halides is 3. The van der Waals surface area contributed by atoms with E-state index in [2.05, 4.69) is 14.8 Å². The zero-order valence-electron chi connectivity index (χ0n) is 18.6. The fourth-order valence-corrected chi connectivity index (χ4v) is 6.80. The number of rotatable bonds is 5. The van der Waals surface area contributed by atoms with E-state index in [0.29, 0.717) is 29.0 Å². The minimum Gasteiger partial charge on any atom is -0.394 e. The van der Waals surface area contributed by atoms with Crippen LogP contribution in [0.15, 0.2) is 40.3 Å². The van der Waals surface area contributed by atoms with E-state index in [0.717, 1.165) is 50.8 Å². The zero-order valence-corrected chi connectivity index (χ0v) is 20.3. The van der Waals surface area contributed by atoms with Gasteiger partial charge in [0.1, 0.15) is 0 Å². The number of benzene rings is 1. The summed E-state index contributed by atoms with van der Waals surface area (Å²) in [6.07, 6.45) is 6.25. The summed E-state index contributed by atoms with van der Waals surface area (Å²) in [4.78, 5) is 14.5. The lowest BCUT2D eigenvalue weighted by Crippen LogP contribution is -2.59. The Hall–Kier alpha value is -1.85. The summed E-state index contributed by atoms with van der Waals surface area (Å²) in [6.45, 7) is 2.14. The number of aliphatic hydroxyl groups is 1. The van der Waals surface area contributed by atoms with Crippen LogP contribution in [-0.2, 0) is 10.8 Å². The zero-order chi connectivity index (χ0) is 23.9. The predicted molar refractivity (Wildman–Crippen MR) is 127 cm³/mol. The third kappa shape index (κ3) is 4.66. The predicted octanol–water partition coefficient (Wildman–Crippen LogP) is 4.32. The highest BCUT2D eigenvalue weighted by Crippen LogP contribution is 2.43. The summed E-state index contributed by atoms with van der Waals surface area (Å²) < 4.78 is 50.3. The SMILES string of the molecule is O=[S@@]1CCN(C2(CO)CCC2)c2nc(N3CCC(c4ccc(SC(F)(F)F)cc4)CC3)ncc21. The van der Waals surface area contributed by atoms with Gasteiger partial charge in [0.25, 0.3) is 0 Å². The number of fused-ring (bicyclic) bond motifs is 1. The second-order valence-electron chi connectivity index (χ2n) is 9.17. The van der Waals surface area contributed by atoms with Crippen molar-refractivity contribution in [3.63, 3.8) is 0 Å². The van der Waals surface area contributed by atoms with E-state index in [1.54, 1.807) is 30.5 Å². The molecule has 1 atom stereocenters. The van der Waals surface area contributed by atoms with Gasteiger partial charge in [0.05, 0.1) is 34.0 Å². The Bertz CT molecular complexity index is 1050. The molecule has 2 aromatic rings. The monoisotopic (exact) mass is 512 g/mol. The van der Waals surface area contributed by atoms with Crippen molar-refractivity contribution < 1.29 is 22.5 Å². The van der Waals surface area contributed by atoms with Crippen LogP contribution in [0.1, 0.15) is 43.6 Å². The maximum Gasteiger partial charge on any atom is 0.446 e. The van der Waals surface area contributed by atoms with Crippen LogP contribution in [0.25, 0.3) is 0 Å². The molecule has 3 heterocycles. The second-order valence-corrected chi connectivity index (χ2v) is 11.9. The number of anilines is 2. The normalized spacial score (nSPS) is 22.9. The summed E-state index contributed by atoms with van der Waals surface area (Å²) in [7, 11) is -1.14. The molecule has 1 saturated heterocycles. The van der Waals surface area contributed by atoms with E-state index in [1.807, 2.05) is 0 Å². The van der Waals surface area contributed by atoms with Gasteiger partial charge < -0.3 is 14.9 Å². The smallest absolute Gasteiger partial charge is 0.394 e. The summed E-state index contributed by atoms with van der Waals surface area (Å²) in [5.74, 6) is 2.08. The van der Waals surface area contributed by atoms with Gasteiger partial charge >= 0.3 is 5.51 Å². The summed E-state index contributed by atoms with van der Waals surface area (Å²) in [5, 5.41) is 10.1. The van der Waals surface area contributed by atoms with Gasteiger partial charge in [0.15, 0.2) is 5.82 Å². The van der Waals surface area contributed by atoms with E-state index in [4.69, 9.17) is 4.98 Å². The Labute approximate surface area is 203 Å². The summed E-state index contributed by atoms with van der Waals surface area (Å²) in [5.41, 5.74) is -3.54. The molecule has 34 heavy (non-hydrogen) atoms. The first-order chi connectivity index (χ1) is 16.3. The van der Waals surface area contributed by atoms with Crippen molar-refractivity contribution in [2.75, 3.05) is 41.8 Å². The Balaban J connectivity index is 1.29. The lowest BCUT2D eigenvalue weighted by atomic mass is 9.76. The lowest BCUT2D eigenvalue weighted by molar-refractivity contribution is -0.0328. The van der Waals surface area contributed by atoms with Gasteiger partial charge in [-0.15, -0.1) is 0 Å². The molecule has 11 heteroatoms. The Kier molecular flexibility index (Phi) is 6.54. The summed E-state index contributed by atoms with van der Waals surface area (Å²) in [6, 6.07) is 6.67. The van der Waals surface area contributed by atoms with Crippen molar-refractivity contribution >= 4 is 34.3 Å². The molecule has 3 aliphatic rings. The van der Waals surface area contributed by atoms with Crippen LogP contribution in [0.2, 0.25) is 0 Å². The molecule has 1 saturated carbocycles. The van der Waals surface area contributed by atoms with Gasteiger partial charge in [-0.2, -0.15) is 18.2 Å². The van der Waals surface area contributed by atoms with Gasteiger partial charge in [-0.3, -0.25) is 4.21 Å². The molecule has 1 aromatic heterocycles. The highest BCUT2D eigenvalue weighted by Gasteiger charge is 2.45. The van der Waals surface area contributed by atoms with Crippen LogP contribution in [0.4, 0.5) is 24.9 Å². The fraction of sp³-hybridized carbons (Fsp3) is 0.565. The first-order valence-corrected chi connectivity index (χ1v) is 13.7. The van der Waals surface area contributed by atoms with Crippen LogP contribution < -0.4 is 9.80 Å². The molecule has 0 unspecified atom stereocenters. The van der Waals surface area contributed by atoms with Crippen molar-refractivity contribution in [3.05, 3.63) is 36.0 Å². The quantitative estimate of drug-likeness (QED) is 0.599. The van der Waals surface area contributed by atoms with Gasteiger partial charge in [-0.1, -0.05) is 12.1 Å². The van der Waals surface area contributed by atoms with Crippen LogP contribution in [-0.4, -0.2) is 62.3 Å². The molecule has 0 bridgehead atoms. The summed E-state index contributed by atoms with van der Waals surface area (Å²) >= 11 is -0.0919. The number of piperidine rings is 1. The molecule has 184 valence electrons. The van der Waals surface area contributed by atoms with E-state index in [-0.39, 0.29) is 34.7 Å². The first kappa shape index (κ1) is 23.9. The van der Waals surface area contributed by atoms with Crippen molar-refractivity contribution in [1.82, 2.24) is 9.97 Å². The molecule has 6 nitrogen and oxygen atoms in total. The van der Waals surface area contributed by atoms with Gasteiger partial charge in [0, 0.05) is 30.3 Å². The molecule has 2 fully saturated rings. The molecule has 1 N–H and O–H groups in total. The first-order valence-electron chi connectivity index (χ1n) is 11.5. The van der Waals surface area contributed by atoms with Crippen molar-refractivity contribution in [2.24, 2.45) is 0 Å². The molecule has 0 radical (unpaired) electrons. The number of hydrogen-bond donors (Lipinski definition) is 1.